The zero-order valence-corrected chi connectivity index (χ0v) is 10.3. The first-order valence-electron chi connectivity index (χ1n) is 5.26. The van der Waals surface area contributed by atoms with E-state index < -0.39 is 0 Å². The number of aliphatic hydroxyl groups is 1. The van der Waals surface area contributed by atoms with Crippen molar-refractivity contribution in [1.82, 2.24) is 4.98 Å². The highest BCUT2D eigenvalue weighted by atomic mass is 79.9. The Labute approximate surface area is 98.3 Å². The lowest BCUT2D eigenvalue weighted by atomic mass is 10.0. The van der Waals surface area contributed by atoms with Crippen LogP contribution in [0.4, 0.5) is 5.82 Å². The second kappa shape index (κ2) is 4.49. The Hall–Kier alpha value is -0.610. The van der Waals surface area contributed by atoms with E-state index in [0.29, 0.717) is 0 Å². The molecule has 1 fully saturated rings. The molecule has 1 aromatic rings. The Morgan fingerprint density at radius 3 is 3.07 bits per heavy atom. The van der Waals surface area contributed by atoms with E-state index in [1.54, 1.807) is 0 Å². The molecule has 1 N–H and O–H groups in total. The van der Waals surface area contributed by atoms with Crippen LogP contribution in [0.25, 0.3) is 0 Å². The zero-order valence-electron chi connectivity index (χ0n) is 8.73. The van der Waals surface area contributed by atoms with Crippen LogP contribution in [-0.2, 0) is 0 Å². The molecule has 0 radical (unpaired) electrons. The summed E-state index contributed by atoms with van der Waals surface area (Å²) in [4.78, 5) is 6.58. The predicted molar refractivity (Wildman–Crippen MR) is 64.0 cm³/mol. The van der Waals surface area contributed by atoms with E-state index in [-0.39, 0.29) is 12.1 Å². The molecule has 0 saturated carbocycles. The molecule has 1 aromatic heterocycles. The summed E-state index contributed by atoms with van der Waals surface area (Å²) in [5.41, 5.74) is 0. The van der Waals surface area contributed by atoms with Gasteiger partial charge in [-0.25, -0.2) is 4.98 Å². The molecule has 2 heterocycles. The van der Waals surface area contributed by atoms with Gasteiger partial charge in [-0.2, -0.15) is 0 Å². The second-order valence-electron chi connectivity index (χ2n) is 3.96. The lowest BCUT2D eigenvalue weighted by molar-refractivity contribution is 0.119. The molecule has 0 aliphatic carbocycles. The largest absolute Gasteiger partial charge is 0.391 e. The first kappa shape index (κ1) is 10.9. The third-order valence-electron chi connectivity index (χ3n) is 2.94. The van der Waals surface area contributed by atoms with Crippen molar-refractivity contribution in [3.8, 4) is 0 Å². The standard InChI is InChI=1S/C11H15BrN2O/c1-8-9(15)4-3-7-14(8)11-6-2-5-10(12)13-11/h2,5-6,8-9,15H,3-4,7H2,1H3. The number of hydrogen-bond donors (Lipinski definition) is 1. The summed E-state index contributed by atoms with van der Waals surface area (Å²) >= 11 is 3.36. The minimum absolute atomic E-state index is 0.153. The van der Waals surface area contributed by atoms with Crippen molar-refractivity contribution in [3.63, 3.8) is 0 Å². The van der Waals surface area contributed by atoms with Crippen LogP contribution in [0.5, 0.6) is 0 Å². The van der Waals surface area contributed by atoms with Crippen molar-refractivity contribution in [2.45, 2.75) is 31.9 Å². The van der Waals surface area contributed by atoms with E-state index in [1.807, 2.05) is 25.1 Å². The molecular weight excluding hydrogens is 256 g/mol. The van der Waals surface area contributed by atoms with Gasteiger partial charge in [0.05, 0.1) is 12.1 Å². The van der Waals surface area contributed by atoms with E-state index >= 15 is 0 Å². The fraction of sp³-hybridized carbons (Fsp3) is 0.545. The van der Waals surface area contributed by atoms with Crippen LogP contribution in [-0.4, -0.2) is 28.8 Å². The third kappa shape index (κ3) is 2.32. The van der Waals surface area contributed by atoms with Crippen molar-refractivity contribution in [1.29, 1.82) is 0 Å². The Morgan fingerprint density at radius 1 is 1.53 bits per heavy atom. The van der Waals surface area contributed by atoms with E-state index in [9.17, 15) is 5.11 Å². The number of nitrogens with zero attached hydrogens (tertiary/aromatic N) is 2. The van der Waals surface area contributed by atoms with Gasteiger partial charge in [0.25, 0.3) is 0 Å². The number of hydrogen-bond acceptors (Lipinski definition) is 3. The van der Waals surface area contributed by atoms with Gasteiger partial charge in [-0.05, 0) is 47.8 Å². The molecule has 2 rings (SSSR count). The van der Waals surface area contributed by atoms with Gasteiger partial charge < -0.3 is 10.0 Å². The van der Waals surface area contributed by atoms with Crippen molar-refractivity contribution >= 4 is 21.7 Å². The number of aromatic nitrogens is 1. The van der Waals surface area contributed by atoms with E-state index in [0.717, 1.165) is 29.8 Å². The van der Waals surface area contributed by atoms with Gasteiger partial charge in [-0.1, -0.05) is 6.07 Å². The van der Waals surface area contributed by atoms with Crippen LogP contribution in [0.15, 0.2) is 22.8 Å². The maximum atomic E-state index is 9.80. The van der Waals surface area contributed by atoms with Crippen LogP contribution in [0.3, 0.4) is 0 Å². The Kier molecular flexibility index (Phi) is 3.26. The fourth-order valence-corrected chi connectivity index (χ4v) is 2.34. The van der Waals surface area contributed by atoms with E-state index in [4.69, 9.17) is 0 Å². The molecule has 0 amide bonds. The minimum Gasteiger partial charge on any atom is -0.391 e. The summed E-state index contributed by atoms with van der Waals surface area (Å²) < 4.78 is 0.840. The molecular formula is C11H15BrN2O. The van der Waals surface area contributed by atoms with Crippen molar-refractivity contribution in [2.75, 3.05) is 11.4 Å². The van der Waals surface area contributed by atoms with Gasteiger partial charge in [-0.3, -0.25) is 0 Å². The highest BCUT2D eigenvalue weighted by Gasteiger charge is 2.26. The first-order valence-corrected chi connectivity index (χ1v) is 6.05. The van der Waals surface area contributed by atoms with Crippen molar-refractivity contribution in [3.05, 3.63) is 22.8 Å². The molecule has 1 saturated heterocycles. The SMILES string of the molecule is CC1C(O)CCCN1c1cccc(Br)n1. The molecule has 15 heavy (non-hydrogen) atoms. The highest BCUT2D eigenvalue weighted by Crippen LogP contribution is 2.24. The van der Waals surface area contributed by atoms with Gasteiger partial charge >= 0.3 is 0 Å². The zero-order chi connectivity index (χ0) is 10.8. The maximum absolute atomic E-state index is 9.80. The summed E-state index contributed by atoms with van der Waals surface area (Å²) in [5.74, 6) is 0.940. The minimum atomic E-state index is -0.237. The molecule has 82 valence electrons. The number of anilines is 1. The van der Waals surface area contributed by atoms with Crippen LogP contribution in [0.1, 0.15) is 19.8 Å². The van der Waals surface area contributed by atoms with Gasteiger partial charge in [0, 0.05) is 6.54 Å². The molecule has 1 aliphatic rings. The first-order chi connectivity index (χ1) is 7.18. The number of rotatable bonds is 1. The summed E-state index contributed by atoms with van der Waals surface area (Å²) in [6.07, 6.45) is 1.69. The normalized spacial score (nSPS) is 26.7. The van der Waals surface area contributed by atoms with Gasteiger partial charge in [-0.15, -0.1) is 0 Å². The smallest absolute Gasteiger partial charge is 0.130 e. The van der Waals surface area contributed by atoms with Crippen LogP contribution < -0.4 is 4.90 Å². The molecule has 0 bridgehead atoms. The molecule has 3 nitrogen and oxygen atoms in total. The number of aliphatic hydroxyl groups excluding tert-OH is 1. The van der Waals surface area contributed by atoms with Gasteiger partial charge in [0.15, 0.2) is 0 Å². The third-order valence-corrected chi connectivity index (χ3v) is 3.38. The quantitative estimate of drug-likeness (QED) is 0.795. The molecule has 2 atom stereocenters. The summed E-state index contributed by atoms with van der Waals surface area (Å²) in [6, 6.07) is 6.02. The van der Waals surface area contributed by atoms with Gasteiger partial charge in [0.2, 0.25) is 0 Å². The van der Waals surface area contributed by atoms with E-state index in [1.165, 1.54) is 0 Å². The fourth-order valence-electron chi connectivity index (χ4n) is 2.00. The molecule has 0 aromatic carbocycles. The van der Waals surface area contributed by atoms with Crippen LogP contribution in [0.2, 0.25) is 0 Å². The monoisotopic (exact) mass is 270 g/mol. The Morgan fingerprint density at radius 2 is 2.33 bits per heavy atom. The van der Waals surface area contributed by atoms with Crippen molar-refractivity contribution < 1.29 is 5.11 Å². The Bertz CT molecular complexity index is 345. The van der Waals surface area contributed by atoms with Crippen LogP contribution in [0, 0.1) is 0 Å². The second-order valence-corrected chi connectivity index (χ2v) is 4.77. The van der Waals surface area contributed by atoms with Crippen LogP contribution >= 0.6 is 15.9 Å². The molecule has 1 aliphatic heterocycles. The summed E-state index contributed by atoms with van der Waals surface area (Å²) in [6.45, 7) is 3.02. The topological polar surface area (TPSA) is 36.4 Å². The number of piperidine rings is 1. The highest BCUT2D eigenvalue weighted by molar-refractivity contribution is 9.10. The lowest BCUT2D eigenvalue weighted by Gasteiger charge is -2.37. The number of pyridine rings is 1. The Balaban J connectivity index is 2.22. The van der Waals surface area contributed by atoms with E-state index in [2.05, 4.69) is 25.8 Å². The molecule has 4 heteroatoms. The maximum Gasteiger partial charge on any atom is 0.130 e. The van der Waals surface area contributed by atoms with Gasteiger partial charge in [0.1, 0.15) is 10.4 Å². The summed E-state index contributed by atoms with van der Waals surface area (Å²) in [7, 11) is 0. The van der Waals surface area contributed by atoms with Crippen molar-refractivity contribution in [2.24, 2.45) is 0 Å². The molecule has 0 spiro atoms. The average molecular weight is 271 g/mol. The summed E-state index contributed by atoms with van der Waals surface area (Å²) in [5, 5.41) is 9.80. The lowest BCUT2D eigenvalue weighted by Crippen LogP contribution is -2.46. The predicted octanol–water partition coefficient (Wildman–Crippen LogP) is 2.19. The molecule has 2 unspecified atom stereocenters. The number of halogens is 1. The average Bonchev–Trinajstić information content (AvgIpc) is 2.22.